The Kier molecular flexibility index (Phi) is 6.50. The van der Waals surface area contributed by atoms with Crippen LogP contribution in [0.3, 0.4) is 0 Å². The van der Waals surface area contributed by atoms with Crippen molar-refractivity contribution in [1.82, 2.24) is 0 Å². The third kappa shape index (κ3) is 5.17. The minimum Gasteiger partial charge on any atom is -0.450 e. The molecule has 0 aliphatic heterocycles. The van der Waals surface area contributed by atoms with Gasteiger partial charge in [0.1, 0.15) is 0 Å². The van der Waals surface area contributed by atoms with Crippen molar-refractivity contribution >= 4 is 29.1 Å². The number of amides is 1. The van der Waals surface area contributed by atoms with Crippen molar-refractivity contribution in [2.24, 2.45) is 0 Å². The molecule has 0 radical (unpaired) electrons. The van der Waals surface area contributed by atoms with E-state index in [1.54, 1.807) is 19.1 Å². The summed E-state index contributed by atoms with van der Waals surface area (Å²) in [6.07, 6.45) is -0.509. The summed E-state index contributed by atoms with van der Waals surface area (Å²) in [5.74, 6) is 0.533. The molecule has 5 heteroatoms. The Morgan fingerprint density at radius 1 is 1.17 bits per heavy atom. The lowest BCUT2D eigenvalue weighted by atomic mass is 10.0. The van der Waals surface area contributed by atoms with E-state index in [0.29, 0.717) is 29.8 Å². The molecule has 0 aliphatic carbocycles. The molecule has 128 valence electrons. The molecule has 2 aromatic carbocycles. The smallest absolute Gasteiger partial charge is 0.411 e. The molecular weight excluding hydrogens is 324 g/mol. The largest absolute Gasteiger partial charge is 0.450 e. The van der Waals surface area contributed by atoms with E-state index >= 15 is 0 Å². The second-order valence-corrected chi connectivity index (χ2v) is 6.20. The van der Waals surface area contributed by atoms with Crippen LogP contribution in [0.5, 0.6) is 0 Å². The Labute approximate surface area is 148 Å². The topological polar surface area (TPSA) is 50.4 Å². The third-order valence-corrected chi connectivity index (χ3v) is 3.94. The van der Waals surface area contributed by atoms with Crippen molar-refractivity contribution in [2.75, 3.05) is 17.2 Å². The predicted octanol–water partition coefficient (Wildman–Crippen LogP) is 5.64. The fourth-order valence-corrected chi connectivity index (χ4v) is 2.46. The summed E-state index contributed by atoms with van der Waals surface area (Å²) >= 11 is 6.20. The highest BCUT2D eigenvalue weighted by molar-refractivity contribution is 6.33. The van der Waals surface area contributed by atoms with Crippen molar-refractivity contribution in [3.05, 3.63) is 58.6 Å². The molecule has 2 aromatic rings. The van der Waals surface area contributed by atoms with Crippen molar-refractivity contribution < 1.29 is 9.53 Å². The fraction of sp³-hybridized carbons (Fsp3) is 0.316. The summed E-state index contributed by atoms with van der Waals surface area (Å²) in [7, 11) is 0. The first-order valence-corrected chi connectivity index (χ1v) is 8.43. The lowest BCUT2D eigenvalue weighted by Crippen LogP contribution is -2.13. The molecule has 0 bridgehead atoms. The summed E-state index contributed by atoms with van der Waals surface area (Å²) in [6.45, 7) is 7.14. The molecule has 24 heavy (non-hydrogen) atoms. The van der Waals surface area contributed by atoms with Crippen molar-refractivity contribution in [3.8, 4) is 0 Å². The summed E-state index contributed by atoms with van der Waals surface area (Å²) in [6, 6.07) is 14.0. The van der Waals surface area contributed by atoms with Crippen molar-refractivity contribution in [3.63, 3.8) is 0 Å². The Morgan fingerprint density at radius 2 is 1.88 bits per heavy atom. The van der Waals surface area contributed by atoms with E-state index in [0.717, 1.165) is 5.69 Å². The van der Waals surface area contributed by atoms with Gasteiger partial charge >= 0.3 is 6.09 Å². The normalized spacial score (nSPS) is 10.5. The summed E-state index contributed by atoms with van der Waals surface area (Å²) in [5.41, 5.74) is 3.95. The first-order chi connectivity index (χ1) is 11.5. The molecule has 1 amide bonds. The van der Waals surface area contributed by atoms with Gasteiger partial charge in [-0.25, -0.2) is 4.79 Å². The van der Waals surface area contributed by atoms with E-state index in [9.17, 15) is 4.79 Å². The van der Waals surface area contributed by atoms with Crippen molar-refractivity contribution in [2.45, 2.75) is 33.2 Å². The van der Waals surface area contributed by atoms with E-state index < -0.39 is 6.09 Å². The minimum absolute atomic E-state index is 0.318. The van der Waals surface area contributed by atoms with E-state index in [2.05, 4.69) is 48.7 Å². The third-order valence-electron chi connectivity index (χ3n) is 3.62. The van der Waals surface area contributed by atoms with Gasteiger partial charge in [-0.1, -0.05) is 49.7 Å². The van der Waals surface area contributed by atoms with Gasteiger partial charge in [0.05, 0.1) is 17.3 Å². The van der Waals surface area contributed by atoms with E-state index in [1.807, 2.05) is 6.07 Å². The van der Waals surface area contributed by atoms with E-state index in [1.165, 1.54) is 11.1 Å². The highest BCUT2D eigenvalue weighted by atomic mass is 35.5. The molecular formula is C19H23ClN2O2. The number of benzene rings is 2. The van der Waals surface area contributed by atoms with Crippen LogP contribution in [-0.2, 0) is 11.3 Å². The average Bonchev–Trinajstić information content (AvgIpc) is 2.56. The molecule has 0 atom stereocenters. The number of halogens is 1. The van der Waals surface area contributed by atoms with Crippen LogP contribution in [0, 0.1) is 0 Å². The van der Waals surface area contributed by atoms with Gasteiger partial charge in [0, 0.05) is 12.2 Å². The Morgan fingerprint density at radius 3 is 2.46 bits per heavy atom. The van der Waals surface area contributed by atoms with Crippen LogP contribution in [-0.4, -0.2) is 12.7 Å². The van der Waals surface area contributed by atoms with Gasteiger partial charge in [-0.3, -0.25) is 5.32 Å². The maximum Gasteiger partial charge on any atom is 0.411 e. The molecule has 0 fully saturated rings. The maximum absolute atomic E-state index is 11.4. The van der Waals surface area contributed by atoms with Crippen LogP contribution in [0.2, 0.25) is 5.02 Å². The zero-order valence-corrected chi connectivity index (χ0v) is 15.0. The molecule has 0 unspecified atom stereocenters. The molecule has 0 saturated carbocycles. The Hall–Kier alpha value is -2.20. The Bertz CT molecular complexity index is 684. The van der Waals surface area contributed by atoms with Crippen LogP contribution in [0.1, 0.15) is 37.8 Å². The van der Waals surface area contributed by atoms with Gasteiger partial charge in [0.15, 0.2) is 0 Å². The van der Waals surface area contributed by atoms with E-state index in [-0.39, 0.29) is 0 Å². The number of rotatable bonds is 6. The number of carbonyl (C=O) groups excluding carboxylic acids is 1. The first-order valence-electron chi connectivity index (χ1n) is 8.05. The monoisotopic (exact) mass is 346 g/mol. The SMILES string of the molecule is CCOC(=O)Nc1ccc(NCc2ccc(C(C)C)cc2)cc1Cl. The second kappa shape index (κ2) is 8.60. The molecule has 2 rings (SSSR count). The maximum atomic E-state index is 11.4. The molecule has 2 N–H and O–H groups in total. The van der Waals surface area contributed by atoms with E-state index in [4.69, 9.17) is 16.3 Å². The van der Waals surface area contributed by atoms with Gasteiger partial charge < -0.3 is 10.1 Å². The highest BCUT2D eigenvalue weighted by Crippen LogP contribution is 2.26. The molecule has 0 spiro atoms. The minimum atomic E-state index is -0.509. The van der Waals surface area contributed by atoms with Crippen molar-refractivity contribution in [1.29, 1.82) is 0 Å². The van der Waals surface area contributed by atoms with Crippen LogP contribution in [0.15, 0.2) is 42.5 Å². The van der Waals surface area contributed by atoms with Crippen LogP contribution < -0.4 is 10.6 Å². The van der Waals surface area contributed by atoms with Gasteiger partial charge in [0.2, 0.25) is 0 Å². The van der Waals surface area contributed by atoms with Crippen LogP contribution in [0.4, 0.5) is 16.2 Å². The lowest BCUT2D eigenvalue weighted by Gasteiger charge is -2.11. The molecule has 0 aromatic heterocycles. The predicted molar refractivity (Wildman–Crippen MR) is 100.0 cm³/mol. The second-order valence-electron chi connectivity index (χ2n) is 5.79. The molecule has 0 saturated heterocycles. The van der Waals surface area contributed by atoms with Gasteiger partial charge in [-0.05, 0) is 42.2 Å². The summed E-state index contributed by atoms with van der Waals surface area (Å²) in [5, 5.41) is 6.40. The molecule has 0 aliphatic rings. The quantitative estimate of drug-likeness (QED) is 0.711. The standard InChI is InChI=1S/C19H23ClN2O2/c1-4-24-19(23)22-18-10-9-16(11-17(18)20)21-12-14-5-7-15(8-6-14)13(2)3/h5-11,13,21H,4,12H2,1-3H3,(H,22,23). The van der Waals surface area contributed by atoms with Crippen LogP contribution >= 0.6 is 11.6 Å². The van der Waals surface area contributed by atoms with Gasteiger partial charge in [-0.15, -0.1) is 0 Å². The fourth-order valence-electron chi connectivity index (χ4n) is 2.23. The zero-order valence-electron chi connectivity index (χ0n) is 14.2. The number of nitrogens with one attached hydrogen (secondary N) is 2. The van der Waals surface area contributed by atoms with Gasteiger partial charge in [0.25, 0.3) is 0 Å². The number of ether oxygens (including phenoxy) is 1. The number of anilines is 2. The Balaban J connectivity index is 1.95. The number of hydrogen-bond acceptors (Lipinski definition) is 3. The summed E-state index contributed by atoms with van der Waals surface area (Å²) < 4.78 is 4.84. The highest BCUT2D eigenvalue weighted by Gasteiger charge is 2.07. The number of hydrogen-bond donors (Lipinski definition) is 2. The lowest BCUT2D eigenvalue weighted by molar-refractivity contribution is 0.168. The van der Waals surface area contributed by atoms with Crippen LogP contribution in [0.25, 0.3) is 0 Å². The average molecular weight is 347 g/mol. The summed E-state index contributed by atoms with van der Waals surface area (Å²) in [4.78, 5) is 11.4. The number of carbonyl (C=O) groups is 1. The molecule has 4 nitrogen and oxygen atoms in total. The van der Waals surface area contributed by atoms with Gasteiger partial charge in [-0.2, -0.15) is 0 Å². The first kappa shape index (κ1) is 18.1. The zero-order chi connectivity index (χ0) is 17.5. The molecule has 0 heterocycles.